The molecule has 1 unspecified atom stereocenters. The van der Waals surface area contributed by atoms with Crippen LogP contribution in [-0.2, 0) is 22.6 Å². The first-order chi connectivity index (χ1) is 13.9. The van der Waals surface area contributed by atoms with Gasteiger partial charge in [-0.3, -0.25) is 4.90 Å². The van der Waals surface area contributed by atoms with Gasteiger partial charge in [-0.05, 0) is 37.8 Å². The lowest BCUT2D eigenvalue weighted by Crippen LogP contribution is -2.41. The molecule has 29 heavy (non-hydrogen) atoms. The van der Waals surface area contributed by atoms with Crippen LogP contribution in [0.4, 0.5) is 4.79 Å². The van der Waals surface area contributed by atoms with Crippen molar-refractivity contribution >= 4 is 12.1 Å². The molecule has 1 aliphatic carbocycles. The minimum atomic E-state index is -1.14. The highest BCUT2D eigenvalue weighted by molar-refractivity contribution is 5.83. The first kappa shape index (κ1) is 19.3. The van der Waals surface area contributed by atoms with Crippen molar-refractivity contribution in [3.05, 3.63) is 65.2 Å². The van der Waals surface area contributed by atoms with E-state index >= 15 is 0 Å². The molecule has 2 aromatic carbocycles. The van der Waals surface area contributed by atoms with Gasteiger partial charge in [-0.25, -0.2) is 9.59 Å². The number of benzene rings is 2. The SMILES string of the molecule is CC1(C)Cc2cccc(C(C(=O)O)N(C(=O)OCc3ccccc3)C3CC3)c2O1. The fourth-order valence-electron chi connectivity index (χ4n) is 3.87. The Morgan fingerprint density at radius 2 is 1.90 bits per heavy atom. The predicted octanol–water partition coefficient (Wildman–Crippen LogP) is 4.33. The molecule has 0 bridgehead atoms. The molecule has 4 rings (SSSR count). The summed E-state index contributed by atoms with van der Waals surface area (Å²) in [4.78, 5) is 26.6. The van der Waals surface area contributed by atoms with Crippen LogP contribution in [0, 0.1) is 0 Å². The number of nitrogens with zero attached hydrogens (tertiary/aromatic N) is 1. The molecule has 0 aromatic heterocycles. The molecule has 6 heteroatoms. The summed E-state index contributed by atoms with van der Waals surface area (Å²) in [5, 5.41) is 10.1. The van der Waals surface area contributed by atoms with Crippen molar-refractivity contribution in [2.24, 2.45) is 0 Å². The number of hydrogen-bond acceptors (Lipinski definition) is 4. The second kappa shape index (κ2) is 7.43. The summed E-state index contributed by atoms with van der Waals surface area (Å²) < 4.78 is 11.6. The summed E-state index contributed by atoms with van der Waals surface area (Å²) in [5.74, 6) is -0.512. The van der Waals surface area contributed by atoms with Gasteiger partial charge in [0, 0.05) is 18.0 Å². The Bertz CT molecular complexity index is 920. The lowest BCUT2D eigenvalue weighted by molar-refractivity contribution is -0.143. The Labute approximate surface area is 170 Å². The van der Waals surface area contributed by atoms with Gasteiger partial charge in [0.2, 0.25) is 0 Å². The summed E-state index contributed by atoms with van der Waals surface area (Å²) in [7, 11) is 0. The number of aliphatic carboxylic acids is 1. The monoisotopic (exact) mass is 395 g/mol. The van der Waals surface area contributed by atoms with Gasteiger partial charge in [0.15, 0.2) is 6.04 Å². The number of hydrogen-bond donors (Lipinski definition) is 1. The Hall–Kier alpha value is -3.02. The zero-order chi connectivity index (χ0) is 20.6. The van der Waals surface area contributed by atoms with E-state index < -0.39 is 23.7 Å². The van der Waals surface area contributed by atoms with Crippen LogP contribution in [0.25, 0.3) is 0 Å². The van der Waals surface area contributed by atoms with Crippen LogP contribution in [0.1, 0.15) is 49.4 Å². The number of carboxylic acids is 1. The van der Waals surface area contributed by atoms with E-state index in [-0.39, 0.29) is 12.6 Å². The zero-order valence-electron chi connectivity index (χ0n) is 16.6. The molecule has 1 atom stereocenters. The van der Waals surface area contributed by atoms with Crippen molar-refractivity contribution in [2.75, 3.05) is 0 Å². The molecule has 1 saturated carbocycles. The highest BCUT2D eigenvalue weighted by Crippen LogP contribution is 2.44. The van der Waals surface area contributed by atoms with Crippen molar-refractivity contribution in [1.29, 1.82) is 0 Å². The maximum absolute atomic E-state index is 12.9. The number of rotatable bonds is 6. The fourth-order valence-corrected chi connectivity index (χ4v) is 3.87. The van der Waals surface area contributed by atoms with E-state index in [1.165, 1.54) is 4.90 Å². The second-order valence-electron chi connectivity index (χ2n) is 8.29. The molecule has 152 valence electrons. The smallest absolute Gasteiger partial charge is 0.411 e. The molecule has 6 nitrogen and oxygen atoms in total. The molecule has 1 N–H and O–H groups in total. The van der Waals surface area contributed by atoms with Gasteiger partial charge < -0.3 is 14.6 Å². The summed E-state index contributed by atoms with van der Waals surface area (Å²) >= 11 is 0. The number of para-hydroxylation sites is 1. The zero-order valence-corrected chi connectivity index (χ0v) is 16.6. The van der Waals surface area contributed by atoms with Gasteiger partial charge in [0.1, 0.15) is 18.0 Å². The molecule has 0 saturated heterocycles. The van der Waals surface area contributed by atoms with E-state index in [9.17, 15) is 14.7 Å². The number of ether oxygens (including phenoxy) is 2. The molecular weight excluding hydrogens is 370 g/mol. The van der Waals surface area contributed by atoms with Crippen LogP contribution < -0.4 is 4.74 Å². The van der Waals surface area contributed by atoms with Gasteiger partial charge >= 0.3 is 12.1 Å². The molecule has 1 aliphatic heterocycles. The molecular formula is C23H25NO5. The minimum absolute atomic E-state index is 0.103. The Morgan fingerprint density at radius 3 is 2.55 bits per heavy atom. The normalized spacial score (nSPS) is 17.7. The number of amides is 1. The van der Waals surface area contributed by atoms with E-state index in [1.54, 1.807) is 6.07 Å². The summed E-state index contributed by atoms with van der Waals surface area (Å²) in [6.45, 7) is 4.05. The van der Waals surface area contributed by atoms with E-state index in [4.69, 9.17) is 9.47 Å². The maximum atomic E-state index is 12.9. The van der Waals surface area contributed by atoms with Crippen LogP contribution in [0.5, 0.6) is 5.75 Å². The van der Waals surface area contributed by atoms with Crippen molar-refractivity contribution in [2.45, 2.75) is 57.4 Å². The van der Waals surface area contributed by atoms with Gasteiger partial charge in [-0.2, -0.15) is 0 Å². The Morgan fingerprint density at radius 1 is 1.17 bits per heavy atom. The van der Waals surface area contributed by atoms with Crippen LogP contribution in [0.15, 0.2) is 48.5 Å². The van der Waals surface area contributed by atoms with E-state index in [2.05, 4.69) is 0 Å². The Kier molecular flexibility index (Phi) is 4.94. The van der Waals surface area contributed by atoms with Gasteiger partial charge in [0.05, 0.1) is 0 Å². The van der Waals surface area contributed by atoms with Gasteiger partial charge in [-0.15, -0.1) is 0 Å². The molecule has 1 heterocycles. The molecule has 1 fully saturated rings. The average Bonchev–Trinajstić information content (AvgIpc) is 3.45. The minimum Gasteiger partial charge on any atom is -0.487 e. The van der Waals surface area contributed by atoms with E-state index in [0.29, 0.717) is 17.7 Å². The standard InChI is InChI=1S/C23H25NO5/c1-23(2)13-16-9-6-10-18(20(16)29-23)19(21(25)26)24(17-11-12-17)22(27)28-14-15-7-4-3-5-8-15/h3-10,17,19H,11-14H2,1-2H3,(H,25,26). The summed E-state index contributed by atoms with van der Waals surface area (Å²) in [5.41, 5.74) is 1.92. The predicted molar refractivity (Wildman–Crippen MR) is 107 cm³/mol. The first-order valence-corrected chi connectivity index (χ1v) is 9.88. The molecule has 0 radical (unpaired) electrons. The van der Waals surface area contributed by atoms with E-state index in [1.807, 2.05) is 56.3 Å². The van der Waals surface area contributed by atoms with Crippen molar-refractivity contribution in [3.63, 3.8) is 0 Å². The largest absolute Gasteiger partial charge is 0.487 e. The Balaban J connectivity index is 1.62. The number of carbonyl (C=O) groups is 2. The van der Waals surface area contributed by atoms with Gasteiger partial charge in [0.25, 0.3) is 0 Å². The quantitative estimate of drug-likeness (QED) is 0.788. The number of fused-ring (bicyclic) bond motifs is 1. The van der Waals surface area contributed by atoms with Crippen molar-refractivity contribution in [3.8, 4) is 5.75 Å². The first-order valence-electron chi connectivity index (χ1n) is 9.88. The number of carbonyl (C=O) groups excluding carboxylic acids is 1. The van der Waals surface area contributed by atoms with Crippen molar-refractivity contribution in [1.82, 2.24) is 4.90 Å². The average molecular weight is 395 g/mol. The molecule has 1 amide bonds. The highest BCUT2D eigenvalue weighted by Gasteiger charge is 2.45. The lowest BCUT2D eigenvalue weighted by atomic mass is 9.97. The highest BCUT2D eigenvalue weighted by atomic mass is 16.6. The molecule has 2 aliphatic rings. The molecule has 0 spiro atoms. The van der Waals surface area contributed by atoms with Gasteiger partial charge in [-0.1, -0.05) is 48.5 Å². The van der Waals surface area contributed by atoms with Crippen LogP contribution in [-0.4, -0.2) is 33.7 Å². The fraction of sp³-hybridized carbons (Fsp3) is 0.391. The van der Waals surface area contributed by atoms with E-state index in [0.717, 1.165) is 24.0 Å². The van der Waals surface area contributed by atoms with Crippen molar-refractivity contribution < 1.29 is 24.2 Å². The summed E-state index contributed by atoms with van der Waals surface area (Å²) in [6, 6.07) is 13.6. The molecule has 2 aromatic rings. The lowest BCUT2D eigenvalue weighted by Gasteiger charge is -2.30. The number of carboxylic acid groups (broad SMARTS) is 1. The third kappa shape index (κ3) is 4.06. The second-order valence-corrected chi connectivity index (χ2v) is 8.29. The maximum Gasteiger partial charge on any atom is 0.411 e. The third-order valence-electron chi connectivity index (χ3n) is 5.28. The topological polar surface area (TPSA) is 76.1 Å². The third-order valence-corrected chi connectivity index (χ3v) is 5.28. The van der Waals surface area contributed by atoms with Crippen LogP contribution in [0.2, 0.25) is 0 Å². The van der Waals surface area contributed by atoms with Crippen LogP contribution in [0.3, 0.4) is 0 Å². The van der Waals surface area contributed by atoms with Crippen LogP contribution >= 0.6 is 0 Å². The summed E-state index contributed by atoms with van der Waals surface area (Å²) in [6.07, 6.45) is 1.63.